The highest BCUT2D eigenvalue weighted by Crippen LogP contribution is 2.22. The van der Waals surface area contributed by atoms with Gasteiger partial charge in [0.05, 0.1) is 27.9 Å². The molecule has 0 radical (unpaired) electrons. The van der Waals surface area contributed by atoms with Crippen LogP contribution in [0.15, 0.2) is 30.5 Å². The Morgan fingerprint density at radius 1 is 1.29 bits per heavy atom. The van der Waals surface area contributed by atoms with Crippen molar-refractivity contribution in [3.63, 3.8) is 0 Å². The molecule has 0 aliphatic rings. The van der Waals surface area contributed by atoms with Gasteiger partial charge in [-0.1, -0.05) is 37.6 Å². The number of anilines is 1. The highest BCUT2D eigenvalue weighted by atomic mass is 35.5. The van der Waals surface area contributed by atoms with Crippen molar-refractivity contribution >= 4 is 34.5 Å². The lowest BCUT2D eigenvalue weighted by atomic mass is 10.3. The Morgan fingerprint density at radius 3 is 2.64 bits per heavy atom. The fourth-order valence-electron chi connectivity index (χ4n) is 3.30. The van der Waals surface area contributed by atoms with E-state index in [-0.39, 0.29) is 5.91 Å². The molecule has 3 rings (SSSR count). The number of benzene rings is 1. The number of para-hydroxylation sites is 2. The maximum absolute atomic E-state index is 12.9. The maximum Gasteiger partial charge on any atom is 0.251 e. The lowest BCUT2D eigenvalue weighted by molar-refractivity contribution is -0.119. The average Bonchev–Trinajstić information content (AvgIpc) is 3.22. The van der Waals surface area contributed by atoms with E-state index in [4.69, 9.17) is 11.6 Å². The molecule has 1 amide bonds. The first-order valence-corrected chi connectivity index (χ1v) is 10.0. The van der Waals surface area contributed by atoms with Crippen LogP contribution in [0.25, 0.3) is 11.0 Å². The minimum Gasteiger partial charge on any atom is -0.309 e. The van der Waals surface area contributed by atoms with Crippen molar-refractivity contribution in [3.05, 3.63) is 41.2 Å². The van der Waals surface area contributed by atoms with Crippen molar-refractivity contribution in [2.75, 3.05) is 25.0 Å². The standard InChI is InChI=1S/C20H27ClN6O/c1-5-25(6-2)11-12-26-18-10-8-7-9-17(18)23-20(26)24-19(28)15(4)27-14(3)16(21)13-22-27/h7-10,13,15H,5-6,11-12H2,1-4H3,(H,23,24,28). The van der Waals surface area contributed by atoms with Crippen LogP contribution in [0.2, 0.25) is 5.02 Å². The predicted octanol–water partition coefficient (Wildman–Crippen LogP) is 3.74. The second-order valence-electron chi connectivity index (χ2n) is 6.79. The second-order valence-corrected chi connectivity index (χ2v) is 7.20. The molecule has 0 aliphatic carbocycles. The third kappa shape index (κ3) is 4.05. The first kappa shape index (κ1) is 20.4. The number of hydrogen-bond acceptors (Lipinski definition) is 4. The summed E-state index contributed by atoms with van der Waals surface area (Å²) in [7, 11) is 0. The zero-order valence-corrected chi connectivity index (χ0v) is 17.6. The zero-order valence-electron chi connectivity index (χ0n) is 16.8. The van der Waals surface area contributed by atoms with Crippen molar-refractivity contribution < 1.29 is 4.79 Å². The van der Waals surface area contributed by atoms with E-state index in [0.717, 1.165) is 42.9 Å². The van der Waals surface area contributed by atoms with Crippen molar-refractivity contribution in [2.24, 2.45) is 0 Å². The molecule has 2 aromatic heterocycles. The van der Waals surface area contributed by atoms with Gasteiger partial charge >= 0.3 is 0 Å². The first-order valence-electron chi connectivity index (χ1n) is 9.64. The predicted molar refractivity (Wildman–Crippen MR) is 113 cm³/mol. The number of imidazole rings is 1. The number of carbonyl (C=O) groups excluding carboxylic acids is 1. The summed E-state index contributed by atoms with van der Waals surface area (Å²) >= 11 is 6.08. The normalized spacial score (nSPS) is 12.6. The van der Waals surface area contributed by atoms with E-state index >= 15 is 0 Å². The Morgan fingerprint density at radius 2 is 2.00 bits per heavy atom. The summed E-state index contributed by atoms with van der Waals surface area (Å²) in [6, 6.07) is 7.43. The summed E-state index contributed by atoms with van der Waals surface area (Å²) in [4.78, 5) is 19.9. The van der Waals surface area contributed by atoms with Gasteiger partial charge in [0, 0.05) is 13.1 Å². The summed E-state index contributed by atoms with van der Waals surface area (Å²) in [6.07, 6.45) is 1.56. The van der Waals surface area contributed by atoms with Gasteiger partial charge in [-0.3, -0.25) is 14.8 Å². The number of carbonyl (C=O) groups is 1. The lowest BCUT2D eigenvalue weighted by Gasteiger charge is -2.20. The number of nitrogens with zero attached hydrogens (tertiary/aromatic N) is 5. The van der Waals surface area contributed by atoms with Crippen molar-refractivity contribution in [3.8, 4) is 0 Å². The number of hydrogen-bond donors (Lipinski definition) is 1. The van der Waals surface area contributed by atoms with Crippen LogP contribution in [0.1, 0.15) is 32.5 Å². The van der Waals surface area contributed by atoms with E-state index in [1.165, 1.54) is 0 Å². The molecule has 28 heavy (non-hydrogen) atoms. The van der Waals surface area contributed by atoms with Crippen molar-refractivity contribution in [2.45, 2.75) is 40.3 Å². The molecule has 150 valence electrons. The summed E-state index contributed by atoms with van der Waals surface area (Å²) in [5.41, 5.74) is 2.64. The van der Waals surface area contributed by atoms with Crippen LogP contribution >= 0.6 is 11.6 Å². The molecule has 7 nitrogen and oxygen atoms in total. The maximum atomic E-state index is 12.9. The Labute approximate surface area is 170 Å². The van der Waals surface area contributed by atoms with Crippen LogP contribution in [0.3, 0.4) is 0 Å². The van der Waals surface area contributed by atoms with E-state index in [2.05, 4.69) is 38.7 Å². The van der Waals surface area contributed by atoms with Crippen molar-refractivity contribution in [1.29, 1.82) is 0 Å². The fraction of sp³-hybridized carbons (Fsp3) is 0.450. The van der Waals surface area contributed by atoms with Crippen LogP contribution in [0, 0.1) is 6.92 Å². The second kappa shape index (κ2) is 8.75. The van der Waals surface area contributed by atoms with Gasteiger partial charge in [-0.05, 0) is 39.1 Å². The molecule has 0 saturated heterocycles. The Bertz CT molecular complexity index is 959. The van der Waals surface area contributed by atoms with Crippen LogP contribution in [-0.4, -0.2) is 49.8 Å². The third-order valence-corrected chi connectivity index (χ3v) is 5.53. The summed E-state index contributed by atoms with van der Waals surface area (Å²) < 4.78 is 3.70. The van der Waals surface area contributed by atoms with Crippen LogP contribution in [0.5, 0.6) is 0 Å². The number of halogens is 1. The molecule has 0 bridgehead atoms. The van der Waals surface area contributed by atoms with Crippen LogP contribution in [0.4, 0.5) is 5.95 Å². The molecule has 0 aliphatic heterocycles. The molecule has 1 aromatic carbocycles. The van der Waals surface area contributed by atoms with Gasteiger partial charge in [-0.25, -0.2) is 4.98 Å². The number of fused-ring (bicyclic) bond motifs is 1. The van der Waals surface area contributed by atoms with E-state index < -0.39 is 6.04 Å². The lowest BCUT2D eigenvalue weighted by Crippen LogP contribution is -2.29. The van der Waals surface area contributed by atoms with Crippen LogP contribution in [-0.2, 0) is 11.3 Å². The number of nitrogens with one attached hydrogen (secondary N) is 1. The van der Waals surface area contributed by atoms with Gasteiger partial charge in [0.15, 0.2) is 0 Å². The van der Waals surface area contributed by atoms with E-state index in [9.17, 15) is 4.79 Å². The largest absolute Gasteiger partial charge is 0.309 e. The summed E-state index contributed by atoms with van der Waals surface area (Å²) in [6.45, 7) is 11.6. The highest BCUT2D eigenvalue weighted by molar-refractivity contribution is 6.31. The number of aromatic nitrogens is 4. The quantitative estimate of drug-likeness (QED) is 0.623. The number of likely N-dealkylation sites (N-methyl/N-ethyl adjacent to an activating group) is 1. The molecule has 0 saturated carbocycles. The topological polar surface area (TPSA) is 68.0 Å². The SMILES string of the molecule is CCN(CC)CCn1c(NC(=O)C(C)n2ncc(Cl)c2C)nc2ccccc21. The summed E-state index contributed by atoms with van der Waals surface area (Å²) in [5, 5.41) is 7.75. The molecule has 0 spiro atoms. The third-order valence-electron chi connectivity index (χ3n) is 5.15. The zero-order chi connectivity index (χ0) is 20.3. The molecular weight excluding hydrogens is 376 g/mol. The number of rotatable bonds is 8. The Hall–Kier alpha value is -2.38. The minimum absolute atomic E-state index is 0.178. The fourth-order valence-corrected chi connectivity index (χ4v) is 3.43. The van der Waals surface area contributed by atoms with E-state index in [1.807, 2.05) is 31.2 Å². The Balaban J connectivity index is 1.86. The minimum atomic E-state index is -0.497. The van der Waals surface area contributed by atoms with Gasteiger partial charge in [0.2, 0.25) is 5.95 Å². The molecule has 1 unspecified atom stereocenters. The molecule has 8 heteroatoms. The molecule has 1 N–H and O–H groups in total. The Kier molecular flexibility index (Phi) is 6.36. The molecule has 0 fully saturated rings. The molecule has 3 aromatic rings. The molecule has 1 atom stereocenters. The van der Waals surface area contributed by atoms with Gasteiger partial charge in [-0.2, -0.15) is 5.10 Å². The monoisotopic (exact) mass is 402 g/mol. The van der Waals surface area contributed by atoms with E-state index in [1.54, 1.807) is 17.8 Å². The summed E-state index contributed by atoms with van der Waals surface area (Å²) in [5.74, 6) is 0.378. The number of amides is 1. The van der Waals surface area contributed by atoms with E-state index in [0.29, 0.717) is 11.0 Å². The molecule has 2 heterocycles. The van der Waals surface area contributed by atoms with Crippen molar-refractivity contribution in [1.82, 2.24) is 24.2 Å². The molecular formula is C20H27ClN6O. The van der Waals surface area contributed by atoms with Gasteiger partial charge in [-0.15, -0.1) is 0 Å². The highest BCUT2D eigenvalue weighted by Gasteiger charge is 2.21. The van der Waals surface area contributed by atoms with Gasteiger partial charge < -0.3 is 9.47 Å². The smallest absolute Gasteiger partial charge is 0.251 e. The van der Waals surface area contributed by atoms with Gasteiger partial charge in [0.25, 0.3) is 5.91 Å². The van der Waals surface area contributed by atoms with Crippen LogP contribution < -0.4 is 5.32 Å². The average molecular weight is 403 g/mol. The van der Waals surface area contributed by atoms with Gasteiger partial charge in [0.1, 0.15) is 6.04 Å². The first-order chi connectivity index (χ1) is 13.5.